The maximum Gasteiger partial charge on any atom is 0.416 e. The lowest BCUT2D eigenvalue weighted by Crippen LogP contribution is -2.48. The van der Waals surface area contributed by atoms with Gasteiger partial charge in [0.1, 0.15) is 23.8 Å². The van der Waals surface area contributed by atoms with Gasteiger partial charge in [0.15, 0.2) is 0 Å². The number of aromatic nitrogens is 2. The van der Waals surface area contributed by atoms with Crippen LogP contribution in [0.3, 0.4) is 0 Å². The third-order valence-corrected chi connectivity index (χ3v) is 6.18. The van der Waals surface area contributed by atoms with Crippen LogP contribution >= 0.6 is 0 Å². The minimum absolute atomic E-state index is 0.0429. The molecular weight excluding hydrogens is 547 g/mol. The van der Waals surface area contributed by atoms with Gasteiger partial charge in [-0.2, -0.15) is 26.3 Å². The molecule has 0 spiro atoms. The van der Waals surface area contributed by atoms with Gasteiger partial charge < -0.3 is 16.0 Å². The third-order valence-electron chi connectivity index (χ3n) is 6.18. The average molecular weight is 576 g/mol. The van der Waals surface area contributed by atoms with Gasteiger partial charge in [-0.15, -0.1) is 0 Å². The van der Waals surface area contributed by atoms with Crippen LogP contribution in [0.25, 0.3) is 0 Å². The second kappa shape index (κ2) is 13.1. The number of nitrogens with two attached hydrogens (primary N) is 1. The number of piperazine rings is 1. The Morgan fingerprint density at radius 1 is 1.02 bits per heavy atom. The molecule has 1 amide bonds. The summed E-state index contributed by atoms with van der Waals surface area (Å²) in [4.78, 5) is 23.2. The van der Waals surface area contributed by atoms with Crippen molar-refractivity contribution < 1.29 is 35.5 Å². The van der Waals surface area contributed by atoms with Gasteiger partial charge in [0.2, 0.25) is 5.91 Å². The molecule has 1 aromatic heterocycles. The number of nitrogen functional groups attached to an aromatic ring is 1. The fourth-order valence-corrected chi connectivity index (χ4v) is 4.13. The van der Waals surface area contributed by atoms with Crippen molar-refractivity contribution in [3.05, 3.63) is 59.2 Å². The van der Waals surface area contributed by atoms with Crippen LogP contribution in [0.4, 0.5) is 42.4 Å². The quantitative estimate of drug-likeness (QED) is 0.167. The van der Waals surface area contributed by atoms with Crippen molar-refractivity contribution in [2.75, 3.05) is 50.3 Å². The van der Waals surface area contributed by atoms with Crippen LogP contribution < -0.4 is 11.1 Å². The first-order valence-electron chi connectivity index (χ1n) is 12.3. The summed E-state index contributed by atoms with van der Waals surface area (Å²) in [6.07, 6.45) is -5.44. The molecule has 2 heterocycles. The summed E-state index contributed by atoms with van der Waals surface area (Å²) in [6.45, 7) is 2.90. The number of amides is 1. The number of halogens is 7. The van der Waals surface area contributed by atoms with Crippen molar-refractivity contribution in [1.82, 2.24) is 19.8 Å². The Balaban J connectivity index is 1.47. The van der Waals surface area contributed by atoms with Crippen LogP contribution in [0.1, 0.15) is 36.0 Å². The van der Waals surface area contributed by atoms with Gasteiger partial charge in [-0.1, -0.05) is 6.42 Å². The molecule has 0 bridgehead atoms. The smallest absolute Gasteiger partial charge is 0.383 e. The van der Waals surface area contributed by atoms with Crippen LogP contribution in [0.15, 0.2) is 36.7 Å². The lowest BCUT2D eigenvalue weighted by atomic mass is 10.0. The number of nitrogens with zero attached hydrogens (tertiary/aromatic N) is 4. The van der Waals surface area contributed by atoms with E-state index < -0.39 is 35.4 Å². The molecule has 1 saturated heterocycles. The molecule has 218 valence electrons. The molecule has 2 aromatic rings. The normalized spacial score (nSPS) is 15.0. The molecule has 40 heavy (non-hydrogen) atoms. The summed E-state index contributed by atoms with van der Waals surface area (Å²) in [5.74, 6) is -1.83. The highest BCUT2D eigenvalue weighted by molar-refractivity contribution is 6.16. The fourth-order valence-electron chi connectivity index (χ4n) is 4.13. The zero-order valence-corrected chi connectivity index (χ0v) is 21.2. The van der Waals surface area contributed by atoms with E-state index in [1.807, 2.05) is 0 Å². The molecule has 3 rings (SSSR count). The van der Waals surface area contributed by atoms with Crippen molar-refractivity contribution in [2.45, 2.75) is 31.6 Å². The van der Waals surface area contributed by atoms with E-state index >= 15 is 0 Å². The summed E-state index contributed by atoms with van der Waals surface area (Å²) < 4.78 is 89.9. The van der Waals surface area contributed by atoms with E-state index in [-0.39, 0.29) is 28.8 Å². The molecule has 1 aromatic carbocycles. The second-order valence-corrected chi connectivity index (χ2v) is 9.11. The largest absolute Gasteiger partial charge is 0.416 e. The molecule has 4 N–H and O–H groups in total. The van der Waals surface area contributed by atoms with Crippen LogP contribution in [-0.2, 0) is 11.0 Å². The number of hydrogen-bond donors (Lipinski definition) is 3. The first kappa shape index (κ1) is 30.8. The van der Waals surface area contributed by atoms with E-state index in [0.29, 0.717) is 57.4 Å². The Labute approximate surface area is 225 Å². The van der Waals surface area contributed by atoms with E-state index in [0.717, 1.165) is 31.8 Å². The van der Waals surface area contributed by atoms with Gasteiger partial charge in [-0.05, 0) is 37.6 Å². The molecule has 0 saturated carbocycles. The summed E-state index contributed by atoms with van der Waals surface area (Å²) in [7, 11) is 0. The average Bonchev–Trinajstić information content (AvgIpc) is 2.88. The molecule has 1 aliphatic rings. The Morgan fingerprint density at radius 3 is 2.38 bits per heavy atom. The zero-order valence-electron chi connectivity index (χ0n) is 21.2. The Bertz CT molecular complexity index is 1220. The number of anilines is 2. The topological polar surface area (TPSA) is 111 Å². The van der Waals surface area contributed by atoms with Gasteiger partial charge in [-0.3, -0.25) is 15.1 Å². The van der Waals surface area contributed by atoms with Crippen molar-refractivity contribution in [3.8, 4) is 0 Å². The maximum absolute atomic E-state index is 13.9. The highest BCUT2D eigenvalue weighted by Crippen LogP contribution is 2.32. The van der Waals surface area contributed by atoms with Crippen LogP contribution in [-0.4, -0.2) is 76.8 Å². The molecule has 1 fully saturated rings. The molecule has 1 aliphatic heterocycles. The molecular formula is C25H28F7N7O. The number of carbonyl (C=O) groups excluding carboxylic acids is 1. The van der Waals surface area contributed by atoms with E-state index in [2.05, 4.69) is 20.2 Å². The van der Waals surface area contributed by atoms with E-state index in [4.69, 9.17) is 11.1 Å². The van der Waals surface area contributed by atoms with Gasteiger partial charge >= 0.3 is 12.4 Å². The number of nitrogens with one attached hydrogen (secondary N) is 2. The van der Waals surface area contributed by atoms with Gasteiger partial charge in [0.05, 0.1) is 16.8 Å². The van der Waals surface area contributed by atoms with Gasteiger partial charge in [0, 0.05) is 50.4 Å². The summed E-state index contributed by atoms with van der Waals surface area (Å²) in [5, 5.41) is 11.4. The predicted octanol–water partition coefficient (Wildman–Crippen LogP) is 4.48. The molecule has 8 nitrogen and oxygen atoms in total. The van der Waals surface area contributed by atoms with Crippen LogP contribution in [0.5, 0.6) is 0 Å². The first-order valence-corrected chi connectivity index (χ1v) is 12.3. The minimum Gasteiger partial charge on any atom is -0.383 e. The summed E-state index contributed by atoms with van der Waals surface area (Å²) in [6, 6.07) is 1.82. The number of allylic oxidation sites excluding steroid dienone is 1. The summed E-state index contributed by atoms with van der Waals surface area (Å²) in [5.41, 5.74) is 3.83. The second-order valence-electron chi connectivity index (χ2n) is 9.11. The number of unbranched alkanes of at least 4 members (excludes halogenated alkanes) is 2. The highest BCUT2D eigenvalue weighted by Gasteiger charge is 2.32. The number of carbonyl (C=O) groups is 1. The maximum atomic E-state index is 13.9. The van der Waals surface area contributed by atoms with Crippen molar-refractivity contribution in [1.29, 1.82) is 5.41 Å². The lowest BCUT2D eigenvalue weighted by molar-refractivity contribution is -0.137. The zero-order chi connectivity index (χ0) is 29.5. The number of hydrogen-bond acceptors (Lipinski definition) is 7. The predicted molar refractivity (Wildman–Crippen MR) is 134 cm³/mol. The minimum atomic E-state index is -4.80. The highest BCUT2D eigenvalue weighted by atomic mass is 19.4. The Morgan fingerprint density at radius 2 is 1.73 bits per heavy atom. The SMILES string of the molecule is N=C(c1cc(F)cc(C(F)(F)F)c1)c1c(N)ncnc1NCCCCCN1CCN(C(=O)/C=C/C(F)(F)F)CC1. The summed E-state index contributed by atoms with van der Waals surface area (Å²) >= 11 is 0. The molecule has 0 radical (unpaired) electrons. The monoisotopic (exact) mass is 575 g/mol. The van der Waals surface area contributed by atoms with Crippen molar-refractivity contribution >= 4 is 23.3 Å². The standard InChI is InChI=1S/C25H28F7N7O/c26-18-13-16(12-17(14-18)25(30,31)32)21(33)20-22(34)36-15-37-23(20)35-6-2-1-3-7-38-8-10-39(11-9-38)19(40)4-5-24(27,28)29/h4-5,12-15,33H,1-3,6-11H2,(H3,34,35,36,37)/b5-4+,33-21?. The van der Waals surface area contributed by atoms with Crippen molar-refractivity contribution in [3.63, 3.8) is 0 Å². The fraction of sp³-hybridized carbons (Fsp3) is 0.440. The number of rotatable bonds is 10. The van der Waals surface area contributed by atoms with Crippen LogP contribution in [0.2, 0.25) is 0 Å². The van der Waals surface area contributed by atoms with Crippen LogP contribution in [0, 0.1) is 11.2 Å². The van der Waals surface area contributed by atoms with Gasteiger partial charge in [0.25, 0.3) is 0 Å². The Kier molecular flexibility index (Phi) is 10.1. The third kappa shape index (κ3) is 8.89. The lowest BCUT2D eigenvalue weighted by Gasteiger charge is -2.34. The van der Waals surface area contributed by atoms with E-state index in [9.17, 15) is 35.5 Å². The first-order chi connectivity index (χ1) is 18.7. The van der Waals surface area contributed by atoms with Gasteiger partial charge in [-0.25, -0.2) is 14.4 Å². The number of alkyl halides is 6. The molecule has 0 unspecified atom stereocenters. The molecule has 0 atom stereocenters. The molecule has 0 aliphatic carbocycles. The van der Waals surface area contributed by atoms with Crippen molar-refractivity contribution in [2.24, 2.45) is 0 Å². The Hall–Kier alpha value is -3.75. The van der Waals surface area contributed by atoms with E-state index in [1.165, 1.54) is 4.90 Å². The van der Waals surface area contributed by atoms with E-state index in [1.54, 1.807) is 0 Å². The number of benzene rings is 1. The molecule has 15 heteroatoms.